The lowest BCUT2D eigenvalue weighted by Gasteiger charge is -2.13. The van der Waals surface area contributed by atoms with Crippen molar-refractivity contribution in [2.75, 3.05) is 6.61 Å². The highest BCUT2D eigenvalue weighted by atomic mass is 31.1. The minimum absolute atomic E-state index is 0.0814. The Bertz CT molecular complexity index is 993. The second-order valence-corrected chi connectivity index (χ2v) is 8.31. The Balaban J connectivity index is 2.06. The van der Waals surface area contributed by atoms with Crippen molar-refractivity contribution < 1.29 is 33.6 Å². The van der Waals surface area contributed by atoms with Crippen molar-refractivity contribution in [2.24, 2.45) is 10.7 Å². The molecule has 0 amide bonds. The number of esters is 1. The number of nitrogens with zero attached hydrogens (tertiary/aromatic N) is 2. The van der Waals surface area contributed by atoms with E-state index >= 15 is 0 Å². The fraction of sp³-hybridized carbons (Fsp3) is 0.435. The zero-order valence-corrected chi connectivity index (χ0v) is 20.1. The maximum atomic E-state index is 12.4. The number of hydrogen-bond acceptors (Lipinski definition) is 9. The molecule has 0 spiro atoms. The summed E-state index contributed by atoms with van der Waals surface area (Å²) in [5, 5.41) is 10.0. The molecular formula is C23H29N2O7P. The van der Waals surface area contributed by atoms with Gasteiger partial charge < -0.3 is 19.5 Å². The van der Waals surface area contributed by atoms with Crippen LogP contribution in [0.3, 0.4) is 0 Å². The van der Waals surface area contributed by atoms with Gasteiger partial charge in [-0.3, -0.25) is 14.3 Å². The number of pyridine rings is 1. The summed E-state index contributed by atoms with van der Waals surface area (Å²) < 4.78 is 20.2. The first-order valence-electron chi connectivity index (χ1n) is 10.7. The van der Waals surface area contributed by atoms with Gasteiger partial charge in [0.25, 0.3) is 0 Å². The van der Waals surface area contributed by atoms with E-state index < -0.39 is 20.2 Å². The third-order valence-corrected chi connectivity index (χ3v) is 6.00. The van der Waals surface area contributed by atoms with Gasteiger partial charge in [0.2, 0.25) is 5.75 Å². The predicted molar refractivity (Wildman–Crippen MR) is 121 cm³/mol. The second kappa shape index (κ2) is 12.9. The zero-order valence-electron chi connectivity index (χ0n) is 19.2. The van der Waals surface area contributed by atoms with Crippen molar-refractivity contribution in [3.8, 4) is 17.2 Å². The van der Waals surface area contributed by atoms with Gasteiger partial charge in [0.15, 0.2) is 18.1 Å². The van der Waals surface area contributed by atoms with Crippen molar-refractivity contribution in [1.29, 1.82) is 0 Å². The van der Waals surface area contributed by atoms with E-state index in [1.165, 1.54) is 13.1 Å². The van der Waals surface area contributed by atoms with Crippen molar-refractivity contribution in [2.45, 2.75) is 53.2 Å². The molecule has 2 aromatic rings. The van der Waals surface area contributed by atoms with Gasteiger partial charge in [-0.05, 0) is 31.9 Å². The molecular weight excluding hydrogens is 447 g/mol. The number of para-hydroxylation sites is 2. The zero-order chi connectivity index (χ0) is 24.4. The molecule has 0 fully saturated rings. The average Bonchev–Trinajstić information content (AvgIpc) is 2.81. The van der Waals surface area contributed by atoms with Crippen LogP contribution in [0.1, 0.15) is 55.2 Å². The van der Waals surface area contributed by atoms with Crippen molar-refractivity contribution in [3.63, 3.8) is 0 Å². The molecule has 0 saturated heterocycles. The maximum Gasteiger partial charge on any atom is 0.395 e. The van der Waals surface area contributed by atoms with E-state index in [0.717, 1.165) is 12.8 Å². The average molecular weight is 476 g/mol. The monoisotopic (exact) mass is 476 g/mol. The second-order valence-electron chi connectivity index (χ2n) is 7.42. The van der Waals surface area contributed by atoms with E-state index in [4.69, 9.17) is 14.0 Å². The van der Waals surface area contributed by atoms with Crippen LogP contribution in [0.25, 0.3) is 0 Å². The Morgan fingerprint density at radius 3 is 2.58 bits per heavy atom. The van der Waals surface area contributed by atoms with Crippen LogP contribution in [0.15, 0.2) is 35.2 Å². The molecule has 0 aliphatic carbocycles. The van der Waals surface area contributed by atoms with Crippen LogP contribution in [-0.2, 0) is 16.1 Å². The highest BCUT2D eigenvalue weighted by Gasteiger charge is 2.21. The summed E-state index contributed by atoms with van der Waals surface area (Å²) in [5.41, 5.74) is 0.796. The normalized spacial score (nSPS) is 12.4. The summed E-state index contributed by atoms with van der Waals surface area (Å²) >= 11 is 0. The number of aromatic nitrogens is 1. The van der Waals surface area contributed by atoms with Crippen molar-refractivity contribution in [1.82, 2.24) is 4.98 Å². The lowest BCUT2D eigenvalue weighted by Crippen LogP contribution is -2.21. The van der Waals surface area contributed by atoms with Crippen LogP contribution in [0.4, 0.5) is 0 Å². The Labute approximate surface area is 194 Å². The lowest BCUT2D eigenvalue weighted by molar-refractivity contribution is -0.169. The number of rotatable bonds is 12. The van der Waals surface area contributed by atoms with Gasteiger partial charge >= 0.3 is 14.1 Å². The fourth-order valence-corrected chi connectivity index (χ4v) is 3.58. The van der Waals surface area contributed by atoms with Gasteiger partial charge in [-0.15, -0.1) is 0 Å². The standard InChI is InChI=1S/C23H29N2O7P/c1-5-17(6-2)13-31-23(28)16(4)25-33(29)32-21-10-8-7-9-20(21)30-14-18-11-24-15(3)22(27)19(18)12-26/h7-12,16-17,27H,5-6,13-14H2,1-4H3/t16-/m0/s1. The van der Waals surface area contributed by atoms with Crippen LogP contribution in [-0.4, -0.2) is 35.0 Å². The first-order chi connectivity index (χ1) is 15.8. The summed E-state index contributed by atoms with van der Waals surface area (Å²) in [6.45, 7) is 7.34. The van der Waals surface area contributed by atoms with Gasteiger partial charge in [-0.2, -0.15) is 0 Å². The number of ether oxygens (including phenoxy) is 2. The highest BCUT2D eigenvalue weighted by Crippen LogP contribution is 2.34. The SMILES string of the molecule is CCC(CC)COC(=O)[C@H](C)N=[P+]([O-])Oc1ccccc1OCc1cnc(C)c(O)c1C=O. The van der Waals surface area contributed by atoms with E-state index in [-0.39, 0.29) is 35.3 Å². The largest absolute Gasteiger partial charge is 0.575 e. The first-order valence-corrected chi connectivity index (χ1v) is 11.8. The van der Waals surface area contributed by atoms with Crippen LogP contribution < -0.4 is 14.2 Å². The molecule has 1 N–H and O–H groups in total. The molecule has 178 valence electrons. The lowest BCUT2D eigenvalue weighted by atomic mass is 10.1. The fourth-order valence-electron chi connectivity index (χ4n) is 2.84. The van der Waals surface area contributed by atoms with Gasteiger partial charge in [-0.25, -0.2) is 4.79 Å². The molecule has 0 aliphatic rings. The Hall–Kier alpha value is -3.03. The number of carbonyl (C=O) groups is 2. The third kappa shape index (κ3) is 7.51. The number of aromatic hydroxyl groups is 1. The number of carbonyl (C=O) groups excluding carboxylic acids is 2. The van der Waals surface area contributed by atoms with Crippen LogP contribution in [0, 0.1) is 12.8 Å². The van der Waals surface area contributed by atoms with Gasteiger partial charge in [-0.1, -0.05) is 43.6 Å². The highest BCUT2D eigenvalue weighted by molar-refractivity contribution is 7.34. The molecule has 2 rings (SSSR count). The molecule has 0 aliphatic heterocycles. The topological polar surface area (TPSA) is 130 Å². The number of aryl methyl sites for hydroxylation is 1. The number of aldehydes is 1. The quantitative estimate of drug-likeness (QED) is 0.275. The smallest absolute Gasteiger partial charge is 0.395 e. The predicted octanol–water partition coefficient (Wildman–Crippen LogP) is 4.09. The summed E-state index contributed by atoms with van der Waals surface area (Å²) in [4.78, 5) is 39.9. The van der Waals surface area contributed by atoms with Gasteiger partial charge in [0, 0.05) is 11.8 Å². The molecule has 1 aromatic heterocycles. The molecule has 33 heavy (non-hydrogen) atoms. The van der Waals surface area contributed by atoms with Crippen LogP contribution in [0.2, 0.25) is 0 Å². The van der Waals surface area contributed by atoms with Gasteiger partial charge in [0.1, 0.15) is 12.4 Å². The Morgan fingerprint density at radius 2 is 1.94 bits per heavy atom. The van der Waals surface area contributed by atoms with Crippen LogP contribution in [0.5, 0.6) is 17.2 Å². The Morgan fingerprint density at radius 1 is 1.27 bits per heavy atom. The molecule has 0 bridgehead atoms. The molecule has 0 radical (unpaired) electrons. The molecule has 9 nitrogen and oxygen atoms in total. The van der Waals surface area contributed by atoms with Crippen LogP contribution >= 0.6 is 8.17 Å². The minimum atomic E-state index is -2.58. The van der Waals surface area contributed by atoms with E-state index in [2.05, 4.69) is 9.73 Å². The number of benzene rings is 1. The van der Waals surface area contributed by atoms with Crippen molar-refractivity contribution in [3.05, 3.63) is 47.3 Å². The summed E-state index contributed by atoms with van der Waals surface area (Å²) in [6, 6.07) is 5.53. The summed E-state index contributed by atoms with van der Waals surface area (Å²) in [7, 11) is -2.58. The van der Waals surface area contributed by atoms with E-state index in [9.17, 15) is 19.6 Å². The number of hydrogen-bond donors (Lipinski definition) is 1. The maximum absolute atomic E-state index is 12.4. The van der Waals surface area contributed by atoms with E-state index in [1.807, 2.05) is 13.8 Å². The molecule has 1 unspecified atom stereocenters. The molecule has 2 atom stereocenters. The summed E-state index contributed by atoms with van der Waals surface area (Å²) in [6.07, 6.45) is 3.77. The third-order valence-electron chi connectivity index (χ3n) is 5.11. The molecule has 1 heterocycles. The summed E-state index contributed by atoms with van der Waals surface area (Å²) in [5.74, 6) is -0.0940. The van der Waals surface area contributed by atoms with E-state index in [0.29, 0.717) is 24.2 Å². The minimum Gasteiger partial charge on any atom is -0.575 e. The molecule has 0 saturated carbocycles. The molecule has 1 aromatic carbocycles. The first kappa shape index (κ1) is 26.2. The van der Waals surface area contributed by atoms with Gasteiger partial charge in [0.05, 0.1) is 17.9 Å². The Kier molecular flexibility index (Phi) is 10.2. The van der Waals surface area contributed by atoms with E-state index in [1.54, 1.807) is 31.2 Å². The van der Waals surface area contributed by atoms with Crippen molar-refractivity contribution >= 4 is 20.4 Å². The molecule has 10 heteroatoms.